The highest BCUT2D eigenvalue weighted by molar-refractivity contribution is 5.81. The van der Waals surface area contributed by atoms with E-state index in [9.17, 15) is 4.79 Å². The van der Waals surface area contributed by atoms with Gasteiger partial charge in [0.25, 0.3) is 0 Å². The first-order valence-electron chi connectivity index (χ1n) is 7.56. The van der Waals surface area contributed by atoms with Crippen molar-refractivity contribution >= 4 is 5.91 Å². The molecule has 106 valence electrons. The number of allylic oxidation sites excluding steroid dienone is 2. The summed E-state index contributed by atoms with van der Waals surface area (Å²) >= 11 is 0. The highest BCUT2D eigenvalue weighted by Crippen LogP contribution is 2.46. The number of carbonyl (C=O) groups is 1. The lowest BCUT2D eigenvalue weighted by Crippen LogP contribution is -2.49. The fourth-order valence-corrected chi connectivity index (χ4v) is 3.80. The van der Waals surface area contributed by atoms with Crippen LogP contribution in [0.5, 0.6) is 0 Å². The lowest BCUT2D eigenvalue weighted by molar-refractivity contribution is -0.133. The maximum absolute atomic E-state index is 12.3. The summed E-state index contributed by atoms with van der Waals surface area (Å²) in [5.41, 5.74) is 5.38. The summed E-state index contributed by atoms with van der Waals surface area (Å²) in [6, 6.07) is 7.00. The molecular formula is C18H23NO. The molecule has 3 rings (SSSR count). The van der Waals surface area contributed by atoms with E-state index in [0.29, 0.717) is 6.42 Å². The van der Waals surface area contributed by atoms with Crippen molar-refractivity contribution in [2.75, 3.05) is 0 Å². The molecule has 1 amide bonds. The van der Waals surface area contributed by atoms with Crippen molar-refractivity contribution in [1.82, 2.24) is 4.90 Å². The van der Waals surface area contributed by atoms with E-state index in [1.54, 1.807) is 0 Å². The second-order valence-electron chi connectivity index (χ2n) is 6.64. The Bertz CT molecular complexity index is 599. The SMILES string of the molecule is Cc1ccc2c(c1)CC=C1N(C(C)C)C(=O)CC[C@@]12C. The maximum atomic E-state index is 12.3. The van der Waals surface area contributed by atoms with E-state index < -0.39 is 0 Å². The van der Waals surface area contributed by atoms with Crippen molar-refractivity contribution in [2.45, 2.75) is 58.4 Å². The molecule has 1 aliphatic heterocycles. The van der Waals surface area contributed by atoms with Crippen LogP contribution in [0.25, 0.3) is 0 Å². The van der Waals surface area contributed by atoms with Gasteiger partial charge in [0.05, 0.1) is 0 Å². The Morgan fingerprint density at radius 1 is 1.30 bits per heavy atom. The molecule has 2 heteroatoms. The predicted molar refractivity (Wildman–Crippen MR) is 81.5 cm³/mol. The zero-order valence-corrected chi connectivity index (χ0v) is 12.9. The van der Waals surface area contributed by atoms with Crippen LogP contribution in [0, 0.1) is 6.92 Å². The van der Waals surface area contributed by atoms with Crippen molar-refractivity contribution in [1.29, 1.82) is 0 Å². The molecule has 0 unspecified atom stereocenters. The van der Waals surface area contributed by atoms with E-state index in [2.05, 4.69) is 52.0 Å². The number of carbonyl (C=O) groups excluding carboxylic acids is 1. The molecule has 1 atom stereocenters. The predicted octanol–water partition coefficient (Wildman–Crippen LogP) is 3.72. The Morgan fingerprint density at radius 2 is 2.05 bits per heavy atom. The smallest absolute Gasteiger partial charge is 0.227 e. The van der Waals surface area contributed by atoms with E-state index in [4.69, 9.17) is 0 Å². The molecule has 0 spiro atoms. The summed E-state index contributed by atoms with van der Waals surface area (Å²) in [5, 5.41) is 0. The zero-order chi connectivity index (χ0) is 14.5. The highest BCUT2D eigenvalue weighted by Gasteiger charge is 2.44. The molecule has 1 aromatic rings. The molecule has 2 nitrogen and oxygen atoms in total. The third-order valence-electron chi connectivity index (χ3n) is 4.82. The van der Waals surface area contributed by atoms with E-state index in [1.807, 2.05) is 4.90 Å². The van der Waals surface area contributed by atoms with Crippen LogP contribution in [0.4, 0.5) is 0 Å². The van der Waals surface area contributed by atoms with Crippen molar-refractivity contribution in [2.24, 2.45) is 0 Å². The lowest BCUT2D eigenvalue weighted by atomic mass is 9.67. The normalized spacial score (nSPS) is 25.4. The van der Waals surface area contributed by atoms with Gasteiger partial charge >= 0.3 is 0 Å². The van der Waals surface area contributed by atoms with Crippen LogP contribution in [0.3, 0.4) is 0 Å². The van der Waals surface area contributed by atoms with Gasteiger partial charge in [0.2, 0.25) is 5.91 Å². The summed E-state index contributed by atoms with van der Waals surface area (Å²) in [5.74, 6) is 0.277. The molecule has 0 radical (unpaired) electrons. The van der Waals surface area contributed by atoms with Gasteiger partial charge in [-0.15, -0.1) is 0 Å². The van der Waals surface area contributed by atoms with Gasteiger partial charge in [0.1, 0.15) is 0 Å². The first kappa shape index (κ1) is 13.4. The molecule has 0 N–H and O–H groups in total. The van der Waals surface area contributed by atoms with Crippen LogP contribution in [-0.4, -0.2) is 16.8 Å². The summed E-state index contributed by atoms with van der Waals surface area (Å²) in [4.78, 5) is 14.3. The van der Waals surface area contributed by atoms with E-state index in [-0.39, 0.29) is 17.4 Å². The lowest BCUT2D eigenvalue weighted by Gasteiger charge is -2.47. The van der Waals surface area contributed by atoms with Gasteiger partial charge in [0, 0.05) is 23.6 Å². The molecule has 2 aliphatic rings. The van der Waals surface area contributed by atoms with Crippen molar-refractivity contribution in [3.8, 4) is 0 Å². The monoisotopic (exact) mass is 269 g/mol. The van der Waals surface area contributed by atoms with Gasteiger partial charge in [-0.3, -0.25) is 4.79 Å². The number of aryl methyl sites for hydroxylation is 1. The quantitative estimate of drug-likeness (QED) is 0.761. The first-order valence-corrected chi connectivity index (χ1v) is 7.56. The minimum atomic E-state index is -0.000532. The van der Waals surface area contributed by atoms with Crippen LogP contribution < -0.4 is 0 Å². The minimum absolute atomic E-state index is 0.000532. The number of hydrogen-bond acceptors (Lipinski definition) is 1. The van der Waals surface area contributed by atoms with Gasteiger partial charge in [-0.1, -0.05) is 29.8 Å². The molecular weight excluding hydrogens is 246 g/mol. The number of fused-ring (bicyclic) bond motifs is 3. The number of amides is 1. The summed E-state index contributed by atoms with van der Waals surface area (Å²) in [6.07, 6.45) is 4.80. The number of nitrogens with zero attached hydrogens (tertiary/aromatic N) is 1. The van der Waals surface area contributed by atoms with Gasteiger partial charge in [-0.25, -0.2) is 0 Å². The zero-order valence-electron chi connectivity index (χ0n) is 12.9. The molecule has 1 aliphatic carbocycles. The Kier molecular flexibility index (Phi) is 3.00. The van der Waals surface area contributed by atoms with E-state index in [1.165, 1.54) is 22.4 Å². The van der Waals surface area contributed by atoms with E-state index in [0.717, 1.165) is 12.8 Å². The number of piperidine rings is 1. The molecule has 1 heterocycles. The Morgan fingerprint density at radius 3 is 2.75 bits per heavy atom. The second-order valence-corrected chi connectivity index (χ2v) is 6.64. The largest absolute Gasteiger partial charge is 0.313 e. The Balaban J connectivity index is 2.13. The van der Waals surface area contributed by atoms with Crippen LogP contribution in [0.1, 0.15) is 50.3 Å². The average Bonchev–Trinajstić information content (AvgIpc) is 2.38. The topological polar surface area (TPSA) is 20.3 Å². The summed E-state index contributed by atoms with van der Waals surface area (Å²) in [6.45, 7) is 8.66. The van der Waals surface area contributed by atoms with Crippen molar-refractivity contribution in [3.63, 3.8) is 0 Å². The van der Waals surface area contributed by atoms with Crippen LogP contribution >= 0.6 is 0 Å². The third-order valence-corrected chi connectivity index (χ3v) is 4.82. The van der Waals surface area contributed by atoms with Crippen LogP contribution in [-0.2, 0) is 16.6 Å². The molecule has 1 aromatic carbocycles. The summed E-state index contributed by atoms with van der Waals surface area (Å²) < 4.78 is 0. The maximum Gasteiger partial charge on any atom is 0.227 e. The minimum Gasteiger partial charge on any atom is -0.313 e. The third kappa shape index (κ3) is 1.81. The molecule has 1 saturated heterocycles. The molecule has 0 saturated carbocycles. The molecule has 1 fully saturated rings. The standard InChI is InChI=1S/C18H23NO/c1-12(2)19-16-8-6-14-11-13(3)5-7-15(14)18(16,4)10-9-17(19)20/h5,7-8,11-12H,6,9-10H2,1-4H3/t18-/m1/s1. The van der Waals surface area contributed by atoms with Crippen molar-refractivity contribution in [3.05, 3.63) is 46.7 Å². The molecule has 0 bridgehead atoms. The number of benzene rings is 1. The highest BCUT2D eigenvalue weighted by atomic mass is 16.2. The first-order chi connectivity index (χ1) is 9.43. The van der Waals surface area contributed by atoms with Gasteiger partial charge in [-0.2, -0.15) is 0 Å². The second kappa shape index (κ2) is 4.47. The average molecular weight is 269 g/mol. The fourth-order valence-electron chi connectivity index (χ4n) is 3.80. The van der Waals surface area contributed by atoms with Gasteiger partial charge < -0.3 is 4.90 Å². The Labute approximate surface area is 121 Å². The number of rotatable bonds is 1. The van der Waals surface area contributed by atoms with Crippen molar-refractivity contribution < 1.29 is 4.79 Å². The van der Waals surface area contributed by atoms with Crippen LogP contribution in [0.2, 0.25) is 0 Å². The number of hydrogen-bond donors (Lipinski definition) is 0. The molecule has 20 heavy (non-hydrogen) atoms. The van der Waals surface area contributed by atoms with E-state index >= 15 is 0 Å². The Hall–Kier alpha value is -1.57. The van der Waals surface area contributed by atoms with Crippen LogP contribution in [0.15, 0.2) is 30.0 Å². The number of likely N-dealkylation sites (tertiary alicyclic amines) is 1. The fraction of sp³-hybridized carbons (Fsp3) is 0.500. The van der Waals surface area contributed by atoms with Gasteiger partial charge in [0.15, 0.2) is 0 Å². The summed E-state index contributed by atoms with van der Waals surface area (Å²) in [7, 11) is 0. The van der Waals surface area contributed by atoms with Gasteiger partial charge in [-0.05, 0) is 51.7 Å². The molecule has 0 aromatic heterocycles.